The van der Waals surface area contributed by atoms with Crippen LogP contribution in [0.5, 0.6) is 6.01 Å². The maximum atomic E-state index is 5.17. The zero-order chi connectivity index (χ0) is 13.8. The molecule has 0 amide bonds. The summed E-state index contributed by atoms with van der Waals surface area (Å²) < 4.78 is 5.17. The van der Waals surface area contributed by atoms with Gasteiger partial charge in [0.25, 0.3) is 0 Å². The maximum Gasteiger partial charge on any atom is 0.322 e. The van der Waals surface area contributed by atoms with Crippen LogP contribution >= 0.6 is 0 Å². The molecule has 1 aliphatic rings. The van der Waals surface area contributed by atoms with Gasteiger partial charge in [-0.15, -0.1) is 0 Å². The molecule has 2 rings (SSSR count). The number of anilines is 2. The highest BCUT2D eigenvalue weighted by Gasteiger charge is 2.27. The second-order valence-electron chi connectivity index (χ2n) is 5.03. The molecule has 6 nitrogen and oxygen atoms in total. The fraction of sp³-hybridized carbons (Fsp3) is 0.769. The van der Waals surface area contributed by atoms with E-state index in [2.05, 4.69) is 39.0 Å². The summed E-state index contributed by atoms with van der Waals surface area (Å²) in [5.74, 6) is 1.94. The summed E-state index contributed by atoms with van der Waals surface area (Å²) in [5.41, 5.74) is 0. The maximum absolute atomic E-state index is 5.17. The van der Waals surface area contributed by atoms with Crippen molar-refractivity contribution in [2.24, 2.45) is 5.92 Å². The Hall–Kier alpha value is -1.59. The highest BCUT2D eigenvalue weighted by Crippen LogP contribution is 2.27. The molecule has 2 atom stereocenters. The lowest BCUT2D eigenvalue weighted by molar-refractivity contribution is 0.351. The van der Waals surface area contributed by atoms with E-state index >= 15 is 0 Å². The predicted octanol–water partition coefficient (Wildman–Crippen LogP) is 1.94. The first-order valence-electron chi connectivity index (χ1n) is 6.96. The number of piperidine rings is 1. The highest BCUT2D eigenvalue weighted by atomic mass is 16.5. The van der Waals surface area contributed by atoms with Crippen molar-refractivity contribution in [2.45, 2.75) is 39.7 Å². The Morgan fingerprint density at radius 1 is 1.32 bits per heavy atom. The van der Waals surface area contributed by atoms with Gasteiger partial charge < -0.3 is 15.0 Å². The summed E-state index contributed by atoms with van der Waals surface area (Å²) >= 11 is 0. The Bertz CT molecular complexity index is 425. The van der Waals surface area contributed by atoms with E-state index in [4.69, 9.17) is 4.74 Å². The minimum absolute atomic E-state index is 0.367. The third-order valence-corrected chi connectivity index (χ3v) is 3.75. The van der Waals surface area contributed by atoms with Crippen molar-refractivity contribution >= 4 is 11.9 Å². The monoisotopic (exact) mass is 265 g/mol. The second-order valence-corrected chi connectivity index (χ2v) is 5.03. The molecule has 0 aromatic carbocycles. The molecule has 2 heterocycles. The van der Waals surface area contributed by atoms with Crippen molar-refractivity contribution in [3.63, 3.8) is 0 Å². The van der Waals surface area contributed by atoms with Gasteiger partial charge in [0.05, 0.1) is 7.11 Å². The Morgan fingerprint density at radius 2 is 2.11 bits per heavy atom. The number of aromatic nitrogens is 3. The summed E-state index contributed by atoms with van der Waals surface area (Å²) in [7, 11) is 1.58. The van der Waals surface area contributed by atoms with Gasteiger partial charge in [-0.1, -0.05) is 6.92 Å². The quantitative estimate of drug-likeness (QED) is 0.897. The third-order valence-electron chi connectivity index (χ3n) is 3.75. The molecule has 0 aliphatic carbocycles. The van der Waals surface area contributed by atoms with Gasteiger partial charge in [0.1, 0.15) is 0 Å². The highest BCUT2D eigenvalue weighted by molar-refractivity contribution is 5.39. The fourth-order valence-electron chi connectivity index (χ4n) is 2.42. The molecule has 1 saturated heterocycles. The Kier molecular flexibility index (Phi) is 4.39. The van der Waals surface area contributed by atoms with Crippen LogP contribution in [0.2, 0.25) is 0 Å². The fourth-order valence-corrected chi connectivity index (χ4v) is 2.42. The van der Waals surface area contributed by atoms with Crippen LogP contribution in [-0.4, -0.2) is 41.2 Å². The SMILES string of the molecule is CCNc1nc(OC)nc(N2CCCC(C)C2C)n1. The molecule has 1 aromatic heterocycles. The number of nitrogens with zero attached hydrogens (tertiary/aromatic N) is 4. The number of methoxy groups -OCH3 is 1. The van der Waals surface area contributed by atoms with Crippen LogP contribution in [0.3, 0.4) is 0 Å². The first-order chi connectivity index (χ1) is 9.15. The Morgan fingerprint density at radius 3 is 2.79 bits per heavy atom. The van der Waals surface area contributed by atoms with E-state index in [0.717, 1.165) is 13.1 Å². The molecule has 0 radical (unpaired) electrons. The lowest BCUT2D eigenvalue weighted by Crippen LogP contribution is -2.43. The molecule has 0 saturated carbocycles. The molecular formula is C13H23N5O. The van der Waals surface area contributed by atoms with Gasteiger partial charge in [0.2, 0.25) is 11.9 Å². The minimum atomic E-state index is 0.367. The van der Waals surface area contributed by atoms with Gasteiger partial charge in [0, 0.05) is 19.1 Å². The molecule has 106 valence electrons. The molecule has 1 N–H and O–H groups in total. The van der Waals surface area contributed by atoms with E-state index in [1.807, 2.05) is 6.92 Å². The van der Waals surface area contributed by atoms with Crippen LogP contribution in [0, 0.1) is 5.92 Å². The van der Waals surface area contributed by atoms with Gasteiger partial charge in [-0.25, -0.2) is 0 Å². The Balaban J connectivity index is 2.29. The first-order valence-corrected chi connectivity index (χ1v) is 6.96. The van der Waals surface area contributed by atoms with Crippen molar-refractivity contribution in [3.8, 4) is 6.01 Å². The predicted molar refractivity (Wildman–Crippen MR) is 75.7 cm³/mol. The van der Waals surface area contributed by atoms with Gasteiger partial charge in [-0.05, 0) is 32.6 Å². The smallest absolute Gasteiger partial charge is 0.322 e. The summed E-state index contributed by atoms with van der Waals surface area (Å²) in [6.07, 6.45) is 2.44. The average molecular weight is 265 g/mol. The van der Waals surface area contributed by atoms with Crippen LogP contribution in [-0.2, 0) is 0 Å². The van der Waals surface area contributed by atoms with Crippen molar-refractivity contribution in [1.29, 1.82) is 0 Å². The standard InChI is InChI=1S/C13H23N5O/c1-5-14-11-15-12(17-13(16-11)19-4)18-8-6-7-9(2)10(18)3/h9-10H,5-8H2,1-4H3,(H,14,15,16,17). The molecule has 0 spiro atoms. The molecule has 1 aromatic rings. The zero-order valence-electron chi connectivity index (χ0n) is 12.2. The summed E-state index contributed by atoms with van der Waals surface area (Å²) in [6, 6.07) is 0.807. The van der Waals surface area contributed by atoms with Crippen molar-refractivity contribution in [2.75, 3.05) is 30.4 Å². The lowest BCUT2D eigenvalue weighted by atomic mass is 9.92. The summed E-state index contributed by atoms with van der Waals surface area (Å²) in [5, 5.41) is 3.12. The van der Waals surface area contributed by atoms with Crippen molar-refractivity contribution in [1.82, 2.24) is 15.0 Å². The number of hydrogen-bond donors (Lipinski definition) is 1. The van der Waals surface area contributed by atoms with Crippen LogP contribution in [0.15, 0.2) is 0 Å². The van der Waals surface area contributed by atoms with Crippen molar-refractivity contribution < 1.29 is 4.74 Å². The van der Waals surface area contributed by atoms with Gasteiger partial charge >= 0.3 is 6.01 Å². The van der Waals surface area contributed by atoms with Crippen LogP contribution in [0.25, 0.3) is 0 Å². The van der Waals surface area contributed by atoms with E-state index in [0.29, 0.717) is 29.9 Å². The number of rotatable bonds is 4. The molecule has 6 heteroatoms. The second kappa shape index (κ2) is 6.04. The van der Waals surface area contributed by atoms with Crippen LogP contribution in [0.4, 0.5) is 11.9 Å². The molecule has 2 unspecified atom stereocenters. The molecule has 19 heavy (non-hydrogen) atoms. The van der Waals surface area contributed by atoms with E-state index in [-0.39, 0.29) is 0 Å². The van der Waals surface area contributed by atoms with Crippen LogP contribution in [0.1, 0.15) is 33.6 Å². The van der Waals surface area contributed by atoms with E-state index in [1.165, 1.54) is 12.8 Å². The minimum Gasteiger partial charge on any atom is -0.467 e. The topological polar surface area (TPSA) is 63.2 Å². The van der Waals surface area contributed by atoms with Crippen molar-refractivity contribution in [3.05, 3.63) is 0 Å². The van der Waals surface area contributed by atoms with Gasteiger partial charge in [-0.2, -0.15) is 15.0 Å². The average Bonchev–Trinajstić information content (AvgIpc) is 2.42. The normalized spacial score (nSPS) is 23.3. The van der Waals surface area contributed by atoms with Gasteiger partial charge in [-0.3, -0.25) is 0 Å². The zero-order valence-corrected chi connectivity index (χ0v) is 12.2. The van der Waals surface area contributed by atoms with Crippen LogP contribution < -0.4 is 15.0 Å². The number of hydrogen-bond acceptors (Lipinski definition) is 6. The van der Waals surface area contributed by atoms with Gasteiger partial charge in [0.15, 0.2) is 0 Å². The summed E-state index contributed by atoms with van der Waals surface area (Å²) in [4.78, 5) is 15.3. The molecule has 0 bridgehead atoms. The van der Waals surface area contributed by atoms with E-state index < -0.39 is 0 Å². The molecular weight excluding hydrogens is 242 g/mol. The lowest BCUT2D eigenvalue weighted by Gasteiger charge is -2.37. The van der Waals surface area contributed by atoms with E-state index in [1.54, 1.807) is 7.11 Å². The van der Waals surface area contributed by atoms with E-state index in [9.17, 15) is 0 Å². The largest absolute Gasteiger partial charge is 0.467 e. The third kappa shape index (κ3) is 3.05. The number of nitrogens with one attached hydrogen (secondary N) is 1. The number of ether oxygens (including phenoxy) is 1. The summed E-state index contributed by atoms with van der Waals surface area (Å²) in [6.45, 7) is 8.29. The molecule has 1 fully saturated rings. The molecule has 1 aliphatic heterocycles. The Labute approximate surface area is 114 Å². The first kappa shape index (κ1) is 13.8.